The number of benzene rings is 2. The van der Waals surface area contributed by atoms with Gasteiger partial charge in [-0.2, -0.15) is 0 Å². The Balaban J connectivity index is 0.946. The van der Waals surface area contributed by atoms with E-state index in [1.54, 1.807) is 0 Å². The lowest BCUT2D eigenvalue weighted by molar-refractivity contribution is -0.164. The van der Waals surface area contributed by atoms with Gasteiger partial charge in [0.25, 0.3) is 0 Å². The maximum absolute atomic E-state index is 12.9. The average Bonchev–Trinajstić information content (AvgIpc) is 3.58. The molecule has 6 rings (SSSR count). The molecule has 10 atom stereocenters. The van der Waals surface area contributed by atoms with Gasteiger partial charge in [-0.15, -0.1) is 0 Å². The summed E-state index contributed by atoms with van der Waals surface area (Å²) in [6, 6.07) is 15.9. The third-order valence-corrected chi connectivity index (χ3v) is 16.5. The van der Waals surface area contributed by atoms with E-state index >= 15 is 0 Å². The minimum absolute atomic E-state index is 0.00808. The first-order chi connectivity index (χ1) is 28.6. The van der Waals surface area contributed by atoms with Gasteiger partial charge in [0.1, 0.15) is 17.6 Å². The van der Waals surface area contributed by atoms with Gasteiger partial charge in [0.05, 0.1) is 12.7 Å². The molecule has 4 aliphatic rings. The number of ether oxygens (including phenoxy) is 3. The van der Waals surface area contributed by atoms with Crippen LogP contribution in [0.2, 0.25) is 0 Å². The molecule has 6 nitrogen and oxygen atoms in total. The molecule has 4 fully saturated rings. The predicted molar refractivity (Wildman–Crippen MR) is 245 cm³/mol. The summed E-state index contributed by atoms with van der Waals surface area (Å²) < 4.78 is 19.4. The van der Waals surface area contributed by atoms with E-state index in [1.165, 1.54) is 116 Å². The Hall–Kier alpha value is -2.89. The van der Waals surface area contributed by atoms with Crippen LogP contribution in [0.4, 0.5) is 11.4 Å². The molecule has 6 heteroatoms. The van der Waals surface area contributed by atoms with E-state index in [9.17, 15) is 4.79 Å². The predicted octanol–water partition coefficient (Wildman–Crippen LogP) is 14.1. The summed E-state index contributed by atoms with van der Waals surface area (Å²) >= 11 is 0. The van der Waals surface area contributed by atoms with Crippen LogP contribution in [0.1, 0.15) is 188 Å². The molecule has 59 heavy (non-hydrogen) atoms. The van der Waals surface area contributed by atoms with Crippen molar-refractivity contribution in [3.8, 4) is 11.5 Å². The van der Waals surface area contributed by atoms with Gasteiger partial charge in [0, 0.05) is 35.8 Å². The van der Waals surface area contributed by atoms with Crippen LogP contribution in [-0.2, 0) is 9.53 Å². The molecule has 0 spiro atoms. The van der Waals surface area contributed by atoms with Crippen LogP contribution in [0.3, 0.4) is 0 Å². The van der Waals surface area contributed by atoms with Crippen molar-refractivity contribution in [3.63, 3.8) is 0 Å². The smallest absolute Gasteiger partial charge is 0.305 e. The number of nitrogen functional groups attached to an aromatic ring is 2. The van der Waals surface area contributed by atoms with Crippen molar-refractivity contribution in [3.05, 3.63) is 48.5 Å². The van der Waals surface area contributed by atoms with Gasteiger partial charge in [-0.1, -0.05) is 130 Å². The molecule has 0 aliphatic heterocycles. The fraction of sp³-hybridized carbons (Fsp3) is 0.755. The molecule has 0 amide bonds. The molecular weight excluding hydrogens is 729 g/mol. The lowest BCUT2D eigenvalue weighted by Crippen LogP contribution is -2.59. The maximum atomic E-state index is 12.9. The summed E-state index contributed by atoms with van der Waals surface area (Å²) in [6.07, 6.45) is 31.4. The molecule has 0 saturated heterocycles. The summed E-state index contributed by atoms with van der Waals surface area (Å²) in [5, 5.41) is 0. The van der Waals surface area contributed by atoms with E-state index in [0.717, 1.165) is 61.4 Å². The number of unbranched alkanes of at least 4 members (excludes halogenated alkanes) is 14. The molecule has 2 aromatic rings. The second-order valence-electron chi connectivity index (χ2n) is 20.5. The molecule has 4 N–H and O–H groups in total. The number of rotatable bonds is 24. The Morgan fingerprint density at radius 1 is 0.678 bits per heavy atom. The monoisotopic (exact) mass is 813 g/mol. The van der Waals surface area contributed by atoms with Gasteiger partial charge in [-0.05, 0) is 129 Å². The molecule has 4 saturated carbocycles. The van der Waals surface area contributed by atoms with E-state index < -0.39 is 0 Å². The second-order valence-corrected chi connectivity index (χ2v) is 20.5. The van der Waals surface area contributed by atoms with Crippen LogP contribution in [0, 0.1) is 46.3 Å². The SMILES string of the molecule is CCCCCCCCCCCCCCCCCOC(=O)CC[C@@H](C)[C@H]1CC[C@H]2[C@@H]3CC(Oc4cccc(N)c4)C4CC(Oc5cccc(N)c5)CC[C@]4(C)[C@H]3CC[C@]12C. The standard InChI is InChI=1S/C53H84N2O4/c1-5-6-7-8-9-10-11-12-13-14-15-16-17-18-19-34-57-51(56)29-26-39(2)46-27-28-47-45-38-50(59-43-25-21-23-41(55)36-43)49-37-44(58-42-24-20-22-40(54)35-42)30-32-53(49,4)48(45)31-33-52(46,47)3/h20-25,35-36,39,44-50H,5-19,26-34,37-38,54-55H2,1-4H3/t39-,44?,45+,46-,47+,48+,49?,50?,52-,53-/m1/s1. The van der Waals surface area contributed by atoms with Crippen molar-refractivity contribution in [1.82, 2.24) is 0 Å². The zero-order valence-corrected chi connectivity index (χ0v) is 37.9. The Morgan fingerprint density at radius 3 is 1.85 bits per heavy atom. The topological polar surface area (TPSA) is 96.8 Å². The first-order valence-electron chi connectivity index (χ1n) is 24.8. The number of hydrogen-bond donors (Lipinski definition) is 2. The van der Waals surface area contributed by atoms with Crippen LogP contribution < -0.4 is 20.9 Å². The van der Waals surface area contributed by atoms with Crippen molar-refractivity contribution < 1.29 is 19.0 Å². The largest absolute Gasteiger partial charge is 0.490 e. The van der Waals surface area contributed by atoms with Crippen molar-refractivity contribution >= 4 is 17.3 Å². The molecular formula is C53H84N2O4. The molecule has 0 aromatic heterocycles. The minimum Gasteiger partial charge on any atom is -0.490 e. The normalized spacial score (nSPS) is 30.5. The van der Waals surface area contributed by atoms with Gasteiger partial charge < -0.3 is 25.7 Å². The Labute approximate surface area is 360 Å². The van der Waals surface area contributed by atoms with E-state index in [2.05, 4.69) is 33.8 Å². The fourth-order valence-corrected chi connectivity index (χ4v) is 13.3. The van der Waals surface area contributed by atoms with E-state index in [-0.39, 0.29) is 23.6 Å². The van der Waals surface area contributed by atoms with Crippen LogP contribution in [-0.4, -0.2) is 24.8 Å². The molecule has 4 aliphatic carbocycles. The second kappa shape index (κ2) is 22.3. The van der Waals surface area contributed by atoms with Crippen molar-refractivity contribution in [1.29, 1.82) is 0 Å². The minimum atomic E-state index is 0.00808. The highest BCUT2D eigenvalue weighted by Crippen LogP contribution is 2.68. The highest BCUT2D eigenvalue weighted by molar-refractivity contribution is 5.69. The zero-order valence-electron chi connectivity index (χ0n) is 37.9. The van der Waals surface area contributed by atoms with Gasteiger partial charge in [-0.25, -0.2) is 0 Å². The average molecular weight is 813 g/mol. The number of carbonyl (C=O) groups is 1. The van der Waals surface area contributed by atoms with Gasteiger partial charge in [-0.3, -0.25) is 4.79 Å². The Morgan fingerprint density at radius 2 is 1.24 bits per heavy atom. The number of nitrogens with two attached hydrogens (primary N) is 2. The first kappa shape index (κ1) is 45.6. The Kier molecular flexibility index (Phi) is 17.2. The summed E-state index contributed by atoms with van der Waals surface area (Å²) in [6.45, 7) is 10.5. The lowest BCUT2D eigenvalue weighted by atomic mass is 9.43. The molecule has 2 aromatic carbocycles. The third-order valence-electron chi connectivity index (χ3n) is 16.5. The highest BCUT2D eigenvalue weighted by Gasteiger charge is 2.63. The van der Waals surface area contributed by atoms with Crippen LogP contribution in [0.25, 0.3) is 0 Å². The summed E-state index contributed by atoms with van der Waals surface area (Å²) in [4.78, 5) is 12.9. The number of anilines is 2. The zero-order chi connectivity index (χ0) is 41.7. The van der Waals surface area contributed by atoms with Crippen LogP contribution in [0.15, 0.2) is 48.5 Å². The number of hydrogen-bond acceptors (Lipinski definition) is 6. The number of carbonyl (C=O) groups excluding carboxylic acids is 1. The quantitative estimate of drug-likeness (QED) is 0.0622. The molecule has 0 bridgehead atoms. The third kappa shape index (κ3) is 12.2. The maximum Gasteiger partial charge on any atom is 0.305 e. The molecule has 0 heterocycles. The highest BCUT2D eigenvalue weighted by atomic mass is 16.5. The first-order valence-corrected chi connectivity index (χ1v) is 24.8. The number of esters is 1. The van der Waals surface area contributed by atoms with Crippen LogP contribution >= 0.6 is 0 Å². The molecule has 0 radical (unpaired) electrons. The van der Waals surface area contributed by atoms with E-state index in [1.807, 2.05) is 42.5 Å². The van der Waals surface area contributed by atoms with Gasteiger partial charge >= 0.3 is 5.97 Å². The molecule has 3 unspecified atom stereocenters. The van der Waals surface area contributed by atoms with Crippen LogP contribution in [0.5, 0.6) is 11.5 Å². The summed E-state index contributed by atoms with van der Waals surface area (Å²) in [5.41, 5.74) is 14.4. The Bertz CT molecular complexity index is 1560. The van der Waals surface area contributed by atoms with Crippen molar-refractivity contribution in [2.24, 2.45) is 46.3 Å². The van der Waals surface area contributed by atoms with E-state index in [4.69, 9.17) is 25.7 Å². The summed E-state index contributed by atoms with van der Waals surface area (Å²) in [7, 11) is 0. The van der Waals surface area contributed by atoms with E-state index in [0.29, 0.717) is 54.0 Å². The molecule has 330 valence electrons. The van der Waals surface area contributed by atoms with Crippen molar-refractivity contribution in [2.45, 2.75) is 200 Å². The number of fused-ring (bicyclic) bond motifs is 5. The fourth-order valence-electron chi connectivity index (χ4n) is 13.3. The summed E-state index contributed by atoms with van der Waals surface area (Å²) in [5.74, 6) is 5.37. The van der Waals surface area contributed by atoms with Gasteiger partial charge in [0.15, 0.2) is 0 Å². The van der Waals surface area contributed by atoms with Gasteiger partial charge in [0.2, 0.25) is 0 Å². The lowest BCUT2D eigenvalue weighted by Gasteiger charge is -2.63. The van der Waals surface area contributed by atoms with Crippen molar-refractivity contribution in [2.75, 3.05) is 18.1 Å².